The summed E-state index contributed by atoms with van der Waals surface area (Å²) in [6.45, 7) is 1.81. The number of aryl methyl sites for hydroxylation is 1. The maximum atomic E-state index is 12.2. The lowest BCUT2D eigenvalue weighted by Gasteiger charge is -2.05. The van der Waals surface area contributed by atoms with E-state index in [0.717, 1.165) is 9.88 Å². The van der Waals surface area contributed by atoms with E-state index < -0.39 is 10.0 Å². The average Bonchev–Trinajstić information content (AvgIpc) is 2.89. The van der Waals surface area contributed by atoms with Gasteiger partial charge >= 0.3 is 0 Å². The summed E-state index contributed by atoms with van der Waals surface area (Å²) in [5.41, 5.74) is 0.542. The molecule has 0 saturated heterocycles. The van der Waals surface area contributed by atoms with Gasteiger partial charge in [0.2, 0.25) is 10.0 Å². The van der Waals surface area contributed by atoms with E-state index in [1.165, 1.54) is 23.5 Å². The van der Waals surface area contributed by atoms with Crippen LogP contribution in [0.2, 0.25) is 0 Å². The van der Waals surface area contributed by atoms with Gasteiger partial charge in [-0.1, -0.05) is 17.9 Å². The van der Waals surface area contributed by atoms with E-state index in [0.29, 0.717) is 5.56 Å². The van der Waals surface area contributed by atoms with E-state index in [1.807, 2.05) is 6.92 Å². The van der Waals surface area contributed by atoms with E-state index in [-0.39, 0.29) is 18.0 Å². The lowest BCUT2D eigenvalue weighted by molar-refractivity contribution is 0.350. The second-order valence-corrected chi connectivity index (χ2v) is 7.24. The Morgan fingerprint density at radius 3 is 2.90 bits per heavy atom. The highest BCUT2D eigenvalue weighted by atomic mass is 32.2. The Kier molecular flexibility index (Phi) is 5.09. The van der Waals surface area contributed by atoms with Crippen LogP contribution < -0.4 is 4.72 Å². The fraction of sp³-hybridized carbons (Fsp3) is 0.214. The van der Waals surface area contributed by atoms with Gasteiger partial charge < -0.3 is 5.11 Å². The van der Waals surface area contributed by atoms with Crippen LogP contribution in [0.15, 0.2) is 35.4 Å². The minimum absolute atomic E-state index is 0.147. The van der Waals surface area contributed by atoms with Crippen LogP contribution in [-0.4, -0.2) is 25.1 Å². The van der Waals surface area contributed by atoms with Crippen molar-refractivity contribution in [1.82, 2.24) is 9.71 Å². The van der Waals surface area contributed by atoms with Crippen LogP contribution in [0.3, 0.4) is 0 Å². The molecule has 0 amide bonds. The van der Waals surface area contributed by atoms with Crippen molar-refractivity contribution in [1.29, 1.82) is 0 Å². The molecule has 1 aromatic heterocycles. The zero-order valence-electron chi connectivity index (χ0n) is 11.3. The van der Waals surface area contributed by atoms with E-state index in [1.54, 1.807) is 18.3 Å². The van der Waals surface area contributed by atoms with Crippen molar-refractivity contribution in [2.24, 2.45) is 0 Å². The van der Waals surface area contributed by atoms with Crippen LogP contribution in [0.5, 0.6) is 0 Å². The van der Waals surface area contributed by atoms with Crippen molar-refractivity contribution in [3.05, 3.63) is 45.9 Å². The minimum Gasteiger partial charge on any atom is -0.384 e. The zero-order valence-corrected chi connectivity index (χ0v) is 13.0. The molecule has 0 unspecified atom stereocenters. The van der Waals surface area contributed by atoms with Crippen molar-refractivity contribution in [3.8, 4) is 11.8 Å². The van der Waals surface area contributed by atoms with Gasteiger partial charge in [-0.25, -0.2) is 18.1 Å². The quantitative estimate of drug-likeness (QED) is 0.831. The Morgan fingerprint density at radius 1 is 1.43 bits per heavy atom. The lowest BCUT2D eigenvalue weighted by Crippen LogP contribution is -2.22. The Balaban J connectivity index is 2.15. The molecule has 2 N–H and O–H groups in total. The number of nitrogens with one attached hydrogen (secondary N) is 1. The third kappa shape index (κ3) is 4.37. The molecule has 110 valence electrons. The molecule has 0 fully saturated rings. The first-order valence-corrected chi connectivity index (χ1v) is 8.42. The van der Waals surface area contributed by atoms with Crippen LogP contribution >= 0.6 is 11.3 Å². The number of nitrogens with zero attached hydrogens (tertiary/aromatic N) is 1. The monoisotopic (exact) mass is 322 g/mol. The van der Waals surface area contributed by atoms with Gasteiger partial charge in [-0.05, 0) is 25.1 Å². The van der Waals surface area contributed by atoms with Crippen LogP contribution in [0.1, 0.15) is 15.4 Å². The van der Waals surface area contributed by atoms with E-state index in [4.69, 9.17) is 5.11 Å². The summed E-state index contributed by atoms with van der Waals surface area (Å²) in [5.74, 6) is 5.17. The highest BCUT2D eigenvalue weighted by molar-refractivity contribution is 7.89. The third-order valence-corrected chi connectivity index (χ3v) is 4.87. The van der Waals surface area contributed by atoms with Gasteiger partial charge in [0.1, 0.15) is 6.61 Å². The van der Waals surface area contributed by atoms with Gasteiger partial charge in [0.05, 0.1) is 9.90 Å². The Hall–Kier alpha value is -1.72. The normalized spacial score (nSPS) is 11.0. The highest BCUT2D eigenvalue weighted by Crippen LogP contribution is 2.14. The molecule has 1 heterocycles. The molecule has 7 heteroatoms. The Labute approximate surface area is 127 Å². The van der Waals surface area contributed by atoms with Crippen molar-refractivity contribution in [2.45, 2.75) is 18.4 Å². The maximum Gasteiger partial charge on any atom is 0.240 e. The van der Waals surface area contributed by atoms with Gasteiger partial charge in [0.25, 0.3) is 0 Å². The number of rotatable bonds is 4. The van der Waals surface area contributed by atoms with Gasteiger partial charge in [-0.2, -0.15) is 0 Å². The fourth-order valence-electron chi connectivity index (χ4n) is 1.62. The van der Waals surface area contributed by atoms with Crippen molar-refractivity contribution in [2.75, 3.05) is 6.61 Å². The first-order chi connectivity index (χ1) is 10.0. The summed E-state index contributed by atoms with van der Waals surface area (Å²) in [5, 5.41) is 9.55. The molecule has 0 atom stereocenters. The highest BCUT2D eigenvalue weighted by Gasteiger charge is 2.14. The third-order valence-electron chi connectivity index (χ3n) is 2.56. The second-order valence-electron chi connectivity index (χ2n) is 4.16. The Morgan fingerprint density at radius 2 is 2.24 bits per heavy atom. The summed E-state index contributed by atoms with van der Waals surface area (Å²) < 4.78 is 27.0. The molecule has 1 aromatic carbocycles. The number of aliphatic hydroxyl groups excluding tert-OH is 1. The number of hydrogen-bond acceptors (Lipinski definition) is 5. The van der Waals surface area contributed by atoms with Gasteiger partial charge in [0, 0.05) is 23.2 Å². The molecule has 21 heavy (non-hydrogen) atoms. The average molecular weight is 322 g/mol. The number of aliphatic hydroxyl groups is 1. The molecule has 2 rings (SSSR count). The molecular formula is C14H14N2O3S2. The summed E-state index contributed by atoms with van der Waals surface area (Å²) in [4.78, 5) is 5.08. The van der Waals surface area contributed by atoms with Crippen molar-refractivity contribution in [3.63, 3.8) is 0 Å². The first kappa shape index (κ1) is 15.7. The molecule has 2 aromatic rings. The van der Waals surface area contributed by atoms with Gasteiger partial charge in [0.15, 0.2) is 0 Å². The summed E-state index contributed by atoms with van der Waals surface area (Å²) >= 11 is 1.45. The number of aromatic nitrogens is 1. The molecule has 0 radical (unpaired) electrons. The van der Waals surface area contributed by atoms with Crippen molar-refractivity contribution < 1.29 is 13.5 Å². The molecule has 0 bridgehead atoms. The zero-order chi connectivity index (χ0) is 15.3. The predicted octanol–water partition coefficient (Wildman–Crippen LogP) is 1.27. The standard InChI is InChI=1S/C14H14N2O3S2/c1-11-15-9-13(20-11)10-16-21(18,19)14-6-2-4-12(8-14)5-3-7-17/h2,4,6,8-9,16-17H,7,10H2,1H3. The lowest BCUT2D eigenvalue weighted by atomic mass is 10.2. The number of sulfonamides is 1. The largest absolute Gasteiger partial charge is 0.384 e. The van der Waals surface area contributed by atoms with E-state index in [9.17, 15) is 8.42 Å². The van der Waals surface area contributed by atoms with Crippen LogP contribution in [-0.2, 0) is 16.6 Å². The maximum absolute atomic E-state index is 12.2. The number of thiazole rings is 1. The molecule has 0 spiro atoms. The van der Waals surface area contributed by atoms with Crippen molar-refractivity contribution >= 4 is 21.4 Å². The summed E-state index contributed by atoms with van der Waals surface area (Å²) in [7, 11) is -3.60. The SMILES string of the molecule is Cc1ncc(CNS(=O)(=O)c2cccc(C#CCO)c2)s1. The Bertz CT molecular complexity index is 786. The van der Waals surface area contributed by atoms with Crippen LogP contribution in [0, 0.1) is 18.8 Å². The topological polar surface area (TPSA) is 79.3 Å². The summed E-state index contributed by atoms with van der Waals surface area (Å²) in [6.07, 6.45) is 1.66. The molecule has 0 saturated carbocycles. The minimum atomic E-state index is -3.60. The van der Waals surface area contributed by atoms with Gasteiger partial charge in [-0.15, -0.1) is 11.3 Å². The fourth-order valence-corrected chi connectivity index (χ4v) is 3.50. The first-order valence-electron chi connectivity index (χ1n) is 6.12. The molecule has 0 aliphatic heterocycles. The summed E-state index contributed by atoms with van der Waals surface area (Å²) in [6, 6.07) is 6.29. The van der Waals surface area contributed by atoms with E-state index in [2.05, 4.69) is 21.5 Å². The number of hydrogen-bond donors (Lipinski definition) is 2. The second kappa shape index (κ2) is 6.83. The van der Waals surface area contributed by atoms with Crippen LogP contribution in [0.4, 0.5) is 0 Å². The molecule has 0 aliphatic carbocycles. The van der Waals surface area contributed by atoms with Gasteiger partial charge in [-0.3, -0.25) is 0 Å². The predicted molar refractivity (Wildman–Crippen MR) is 81.3 cm³/mol. The van der Waals surface area contributed by atoms with Crippen LogP contribution in [0.25, 0.3) is 0 Å². The number of benzene rings is 1. The van der Waals surface area contributed by atoms with E-state index >= 15 is 0 Å². The molecule has 5 nitrogen and oxygen atoms in total. The smallest absolute Gasteiger partial charge is 0.240 e. The molecule has 0 aliphatic rings. The molecular weight excluding hydrogens is 308 g/mol.